The summed E-state index contributed by atoms with van der Waals surface area (Å²) in [5.74, 6) is -0.935. The number of carbonyl (C=O) groups excluding carboxylic acids is 1. The van der Waals surface area contributed by atoms with Crippen LogP contribution in [0.2, 0.25) is 0 Å². The number of aliphatic hydroxyl groups excluding tert-OH is 3. The van der Waals surface area contributed by atoms with E-state index < -0.39 is 30.3 Å². The van der Waals surface area contributed by atoms with Crippen LogP contribution >= 0.6 is 0 Å². The van der Waals surface area contributed by atoms with Gasteiger partial charge in [-0.3, -0.25) is 4.79 Å². The van der Waals surface area contributed by atoms with Crippen LogP contribution in [0.15, 0.2) is 18.2 Å². The number of phenols is 2. The standard InChI is InChI=1S/C33H49NO8/c1-17(4-9-27(38)34-24(31(41)42)14-18-5-8-25(36)26(37)15-18)20-6-7-21-28-22(11-13-32(20,21)2)33(3)12-10-19(35)16-23(33)29(39)30(28)40/h5,8,15,17,19-24,28-30,35-37,39-40H,4,6-7,9-14,16H2,1-3H3,(H,34,38)(H,41,42)/t17-,19-,20-,21+,22+,23+,24?,28+,29+,30-,32-,33-/m1/s1. The van der Waals surface area contributed by atoms with Gasteiger partial charge in [0.15, 0.2) is 11.5 Å². The summed E-state index contributed by atoms with van der Waals surface area (Å²) in [7, 11) is 0. The summed E-state index contributed by atoms with van der Waals surface area (Å²) < 4.78 is 0. The third-order valence-corrected chi connectivity index (χ3v) is 12.4. The Balaban J connectivity index is 1.21. The van der Waals surface area contributed by atoms with E-state index >= 15 is 0 Å². The Labute approximate surface area is 248 Å². The minimum absolute atomic E-state index is 0.000389. The third-order valence-electron chi connectivity index (χ3n) is 12.4. The van der Waals surface area contributed by atoms with Crippen LogP contribution in [0, 0.1) is 46.3 Å². The summed E-state index contributed by atoms with van der Waals surface area (Å²) in [5, 5.41) is 64.6. The number of rotatable bonds is 8. The summed E-state index contributed by atoms with van der Waals surface area (Å²) in [4.78, 5) is 24.7. The molecule has 0 spiro atoms. The number of aliphatic hydroxyl groups is 3. The van der Waals surface area contributed by atoms with Gasteiger partial charge in [-0.15, -0.1) is 0 Å². The zero-order chi connectivity index (χ0) is 30.6. The summed E-state index contributed by atoms with van der Waals surface area (Å²) in [6.45, 7) is 6.80. The first-order valence-corrected chi connectivity index (χ1v) is 15.8. The molecule has 4 fully saturated rings. The topological polar surface area (TPSA) is 168 Å². The maximum absolute atomic E-state index is 12.9. The number of hydrogen-bond acceptors (Lipinski definition) is 7. The normalized spacial score (nSPS) is 40.7. The van der Waals surface area contributed by atoms with Gasteiger partial charge in [0.25, 0.3) is 0 Å². The second kappa shape index (κ2) is 11.6. The molecule has 234 valence electrons. The molecule has 4 saturated carbocycles. The van der Waals surface area contributed by atoms with E-state index in [0.29, 0.717) is 36.2 Å². The lowest BCUT2D eigenvalue weighted by atomic mass is 9.43. The number of hydrogen-bond donors (Lipinski definition) is 7. The Bertz CT molecular complexity index is 1170. The van der Waals surface area contributed by atoms with E-state index in [2.05, 4.69) is 26.1 Å². The summed E-state index contributed by atoms with van der Waals surface area (Å²) >= 11 is 0. The monoisotopic (exact) mass is 587 g/mol. The maximum atomic E-state index is 12.9. The average Bonchev–Trinajstić information content (AvgIpc) is 3.30. The van der Waals surface area contributed by atoms with Gasteiger partial charge in [-0.2, -0.15) is 0 Å². The molecule has 0 heterocycles. The molecule has 9 nitrogen and oxygen atoms in total. The molecule has 5 rings (SSSR count). The van der Waals surface area contributed by atoms with Gasteiger partial charge in [0.1, 0.15) is 6.04 Å². The van der Waals surface area contributed by atoms with Crippen LogP contribution in [0.25, 0.3) is 0 Å². The van der Waals surface area contributed by atoms with Crippen LogP contribution in [0.1, 0.15) is 84.1 Å². The Kier molecular flexibility index (Phi) is 8.60. The van der Waals surface area contributed by atoms with Gasteiger partial charge in [-0.25, -0.2) is 4.79 Å². The highest BCUT2D eigenvalue weighted by Crippen LogP contribution is 2.68. The van der Waals surface area contributed by atoms with Crippen LogP contribution in [0.3, 0.4) is 0 Å². The second-order valence-corrected chi connectivity index (χ2v) is 14.5. The molecule has 1 aromatic rings. The van der Waals surface area contributed by atoms with Crippen LogP contribution in [-0.2, 0) is 16.0 Å². The fourth-order valence-electron chi connectivity index (χ4n) is 10.2. The number of carboxylic acids is 1. The summed E-state index contributed by atoms with van der Waals surface area (Å²) in [6.07, 6.45) is 5.06. The molecule has 7 N–H and O–H groups in total. The van der Waals surface area contributed by atoms with E-state index in [1.165, 1.54) is 18.2 Å². The van der Waals surface area contributed by atoms with Gasteiger partial charge in [0, 0.05) is 12.8 Å². The van der Waals surface area contributed by atoms with Crippen LogP contribution in [0.5, 0.6) is 11.5 Å². The van der Waals surface area contributed by atoms with Crippen molar-refractivity contribution in [3.63, 3.8) is 0 Å². The first kappa shape index (κ1) is 31.1. The number of phenolic OH excluding ortho intramolecular Hbond substituents is 2. The number of amides is 1. The van der Waals surface area contributed by atoms with Gasteiger partial charge in [-0.05, 0) is 115 Å². The van der Waals surface area contributed by atoms with Gasteiger partial charge >= 0.3 is 5.97 Å². The average molecular weight is 588 g/mol. The van der Waals surface area contributed by atoms with Crippen molar-refractivity contribution in [1.29, 1.82) is 0 Å². The van der Waals surface area contributed by atoms with E-state index in [1.807, 2.05) is 0 Å². The van der Waals surface area contributed by atoms with Crippen LogP contribution in [-0.4, -0.2) is 66.9 Å². The zero-order valence-electron chi connectivity index (χ0n) is 25.1. The van der Waals surface area contributed by atoms with Crippen molar-refractivity contribution < 1.29 is 40.2 Å². The summed E-state index contributed by atoms with van der Waals surface area (Å²) in [6, 6.07) is 2.96. The molecule has 0 aliphatic heterocycles. The molecule has 1 aromatic carbocycles. The molecule has 9 heteroatoms. The molecular weight excluding hydrogens is 538 g/mol. The molecule has 0 radical (unpaired) electrons. The fourth-order valence-corrected chi connectivity index (χ4v) is 10.2. The minimum atomic E-state index is -1.16. The highest BCUT2D eigenvalue weighted by Gasteiger charge is 2.65. The number of aromatic hydroxyl groups is 2. The van der Waals surface area contributed by atoms with Gasteiger partial charge in [0.2, 0.25) is 5.91 Å². The Morgan fingerprint density at radius 3 is 2.31 bits per heavy atom. The Morgan fingerprint density at radius 1 is 0.929 bits per heavy atom. The van der Waals surface area contributed by atoms with E-state index in [9.17, 15) is 40.2 Å². The maximum Gasteiger partial charge on any atom is 0.326 e. The van der Waals surface area contributed by atoms with Gasteiger partial charge < -0.3 is 36.0 Å². The van der Waals surface area contributed by atoms with Crippen molar-refractivity contribution in [2.45, 2.75) is 109 Å². The zero-order valence-corrected chi connectivity index (χ0v) is 25.1. The molecule has 1 unspecified atom stereocenters. The van der Waals surface area contributed by atoms with E-state index in [0.717, 1.165) is 38.5 Å². The number of carbonyl (C=O) groups is 2. The van der Waals surface area contributed by atoms with Crippen molar-refractivity contribution in [2.24, 2.45) is 46.3 Å². The van der Waals surface area contributed by atoms with Crippen molar-refractivity contribution in [3.8, 4) is 11.5 Å². The van der Waals surface area contributed by atoms with Crippen molar-refractivity contribution >= 4 is 11.9 Å². The highest BCUT2D eigenvalue weighted by atomic mass is 16.4. The lowest BCUT2D eigenvalue weighted by molar-refractivity contribution is -0.223. The first-order chi connectivity index (χ1) is 19.8. The van der Waals surface area contributed by atoms with Gasteiger partial charge in [-0.1, -0.05) is 26.8 Å². The van der Waals surface area contributed by atoms with E-state index in [4.69, 9.17) is 0 Å². The summed E-state index contributed by atoms with van der Waals surface area (Å²) in [5.41, 5.74) is 0.414. The lowest BCUT2D eigenvalue weighted by Gasteiger charge is -2.63. The molecule has 4 aliphatic rings. The Hall–Kier alpha value is -2.36. The van der Waals surface area contributed by atoms with Crippen molar-refractivity contribution in [3.05, 3.63) is 23.8 Å². The molecule has 4 aliphatic carbocycles. The molecule has 0 bridgehead atoms. The second-order valence-electron chi connectivity index (χ2n) is 14.5. The van der Waals surface area contributed by atoms with Crippen molar-refractivity contribution in [2.75, 3.05) is 0 Å². The largest absolute Gasteiger partial charge is 0.504 e. The van der Waals surface area contributed by atoms with E-state index in [1.54, 1.807) is 0 Å². The number of carboxylic acid groups (broad SMARTS) is 1. The van der Waals surface area contributed by atoms with Crippen LogP contribution < -0.4 is 5.32 Å². The predicted octanol–water partition coefficient (Wildman–Crippen LogP) is 3.59. The molecule has 1 amide bonds. The first-order valence-electron chi connectivity index (χ1n) is 15.8. The minimum Gasteiger partial charge on any atom is -0.504 e. The third kappa shape index (κ3) is 5.41. The fraction of sp³-hybridized carbons (Fsp3) is 0.758. The Morgan fingerprint density at radius 2 is 1.62 bits per heavy atom. The molecule has 0 aromatic heterocycles. The van der Waals surface area contributed by atoms with Gasteiger partial charge in [0.05, 0.1) is 18.3 Å². The van der Waals surface area contributed by atoms with Crippen LogP contribution in [0.4, 0.5) is 0 Å². The van der Waals surface area contributed by atoms with Crippen molar-refractivity contribution in [1.82, 2.24) is 5.32 Å². The quantitative estimate of drug-likeness (QED) is 0.227. The highest BCUT2D eigenvalue weighted by molar-refractivity contribution is 5.83. The molecule has 42 heavy (non-hydrogen) atoms. The lowest BCUT2D eigenvalue weighted by Crippen LogP contribution is -2.64. The SMILES string of the molecule is C[C@H](CCC(=O)NC(Cc1ccc(O)c(O)c1)C(=O)O)[C@H]1CC[C@H]2[C@@H]3[C@@H](O)[C@@H](O)[C@@H]4C[C@H](O)CC[C@]4(C)[C@H]3CC[C@]12C. The van der Waals surface area contributed by atoms with E-state index in [-0.39, 0.29) is 58.8 Å². The number of aliphatic carboxylic acids is 1. The molecule has 0 saturated heterocycles. The smallest absolute Gasteiger partial charge is 0.326 e. The predicted molar refractivity (Wildman–Crippen MR) is 155 cm³/mol. The number of nitrogens with one attached hydrogen (secondary N) is 1. The number of benzene rings is 1. The molecular formula is C33H49NO8. The number of fused-ring (bicyclic) bond motifs is 5. The molecule has 12 atom stereocenters.